The summed E-state index contributed by atoms with van der Waals surface area (Å²) >= 11 is 0. The quantitative estimate of drug-likeness (QED) is 0.669. The number of nitrogens with one attached hydrogen (secondary N) is 2. The van der Waals surface area contributed by atoms with Crippen molar-refractivity contribution in [2.75, 3.05) is 0 Å². The monoisotopic (exact) mass is 337 g/mol. The van der Waals surface area contributed by atoms with Crippen LogP contribution in [-0.2, 0) is 9.59 Å². The van der Waals surface area contributed by atoms with Crippen molar-refractivity contribution in [3.05, 3.63) is 18.4 Å². The molecule has 0 bridgehead atoms. The van der Waals surface area contributed by atoms with E-state index in [1.54, 1.807) is 6.20 Å². The molecule has 7 nitrogen and oxygen atoms in total. The molecule has 24 heavy (non-hydrogen) atoms. The normalized spacial score (nSPS) is 24.9. The van der Waals surface area contributed by atoms with Gasteiger partial charge in [0.05, 0.1) is 12.1 Å². The number of hydrogen-bond acceptors (Lipinski definition) is 5. The second-order valence-corrected chi connectivity index (χ2v) is 6.52. The van der Waals surface area contributed by atoms with E-state index in [2.05, 4.69) is 29.5 Å². The molecule has 1 saturated heterocycles. The lowest BCUT2D eigenvalue weighted by Crippen LogP contribution is -2.51. The summed E-state index contributed by atoms with van der Waals surface area (Å²) in [5.74, 6) is -0.183. The predicted octanol–water partition coefficient (Wildman–Crippen LogP) is 1.90. The molecule has 0 radical (unpaired) electrons. The lowest BCUT2D eigenvalue weighted by molar-refractivity contribution is -0.139. The molecule has 0 aromatic carbocycles. The minimum atomic E-state index is -0.891. The van der Waals surface area contributed by atoms with Gasteiger partial charge >= 0.3 is 5.97 Å². The Morgan fingerprint density at radius 3 is 2.67 bits per heavy atom. The van der Waals surface area contributed by atoms with Gasteiger partial charge in [-0.05, 0) is 18.8 Å². The Morgan fingerprint density at radius 2 is 2.17 bits per heavy atom. The van der Waals surface area contributed by atoms with Crippen LogP contribution in [0.25, 0.3) is 0 Å². The number of hydrogen-bond donors (Lipinski definition) is 3. The van der Waals surface area contributed by atoms with Gasteiger partial charge in [-0.2, -0.15) is 0 Å². The van der Waals surface area contributed by atoms with Crippen LogP contribution in [-0.4, -0.2) is 40.1 Å². The molecule has 0 spiro atoms. The topological polar surface area (TPSA) is 104 Å². The van der Waals surface area contributed by atoms with Crippen molar-refractivity contribution in [3.8, 4) is 0 Å². The van der Waals surface area contributed by atoms with Crippen LogP contribution in [0.4, 0.5) is 0 Å². The van der Waals surface area contributed by atoms with Crippen LogP contribution in [0, 0.1) is 5.92 Å². The van der Waals surface area contributed by atoms with Crippen molar-refractivity contribution >= 4 is 11.9 Å². The molecule has 0 aliphatic carbocycles. The van der Waals surface area contributed by atoms with Crippen molar-refractivity contribution in [2.24, 2.45) is 5.92 Å². The summed E-state index contributed by atoms with van der Waals surface area (Å²) in [7, 11) is 0. The van der Waals surface area contributed by atoms with Crippen LogP contribution in [0.1, 0.15) is 58.3 Å². The van der Waals surface area contributed by atoms with E-state index in [0.29, 0.717) is 18.2 Å². The summed E-state index contributed by atoms with van der Waals surface area (Å²) in [5, 5.41) is 15.6. The Kier molecular flexibility index (Phi) is 6.36. The summed E-state index contributed by atoms with van der Waals surface area (Å²) < 4.78 is 5.43. The Bertz CT molecular complexity index is 542. The van der Waals surface area contributed by atoms with Crippen molar-refractivity contribution in [2.45, 2.75) is 70.5 Å². The van der Waals surface area contributed by atoms with E-state index in [0.717, 1.165) is 19.3 Å². The fourth-order valence-corrected chi connectivity index (χ4v) is 3.60. The smallest absolute Gasteiger partial charge is 0.320 e. The second-order valence-electron chi connectivity index (χ2n) is 6.52. The van der Waals surface area contributed by atoms with Gasteiger partial charge in [0.2, 0.25) is 5.91 Å². The highest BCUT2D eigenvalue weighted by Crippen LogP contribution is 2.34. The highest BCUT2D eigenvalue weighted by molar-refractivity contribution is 5.75. The molecule has 1 aliphatic heterocycles. The highest BCUT2D eigenvalue weighted by Gasteiger charge is 2.44. The van der Waals surface area contributed by atoms with E-state index in [9.17, 15) is 14.7 Å². The van der Waals surface area contributed by atoms with Gasteiger partial charge < -0.3 is 14.8 Å². The number of oxazole rings is 1. The standard InChI is InChI=1S/C17H27N3O4/c1-4-11(5-2)8-13(19-10(3)21)15-12(16-18-6-7-24-16)9-14(20-15)17(22)23/h6-7,11-15,20H,4-5,8-9H2,1-3H3,(H,19,21)(H,22,23)/t12-,13+,14-,15-/m1/s1. The van der Waals surface area contributed by atoms with Gasteiger partial charge in [-0.25, -0.2) is 4.98 Å². The third-order valence-corrected chi connectivity index (χ3v) is 4.95. The van der Waals surface area contributed by atoms with Gasteiger partial charge in [0, 0.05) is 19.0 Å². The maximum absolute atomic E-state index is 11.7. The molecule has 1 aliphatic rings. The first kappa shape index (κ1) is 18.4. The third-order valence-electron chi connectivity index (χ3n) is 4.95. The first-order valence-electron chi connectivity index (χ1n) is 8.61. The average Bonchev–Trinajstić information content (AvgIpc) is 3.19. The molecule has 1 fully saturated rings. The fourth-order valence-electron chi connectivity index (χ4n) is 3.60. The van der Waals surface area contributed by atoms with Gasteiger partial charge in [-0.1, -0.05) is 26.7 Å². The van der Waals surface area contributed by atoms with E-state index in [1.807, 2.05) is 0 Å². The van der Waals surface area contributed by atoms with Crippen molar-refractivity contribution < 1.29 is 19.1 Å². The Labute approximate surface area is 142 Å². The molecule has 2 rings (SSSR count). The maximum atomic E-state index is 11.7. The Morgan fingerprint density at radius 1 is 1.46 bits per heavy atom. The molecule has 1 aromatic rings. The Hall–Kier alpha value is -1.89. The summed E-state index contributed by atoms with van der Waals surface area (Å²) in [6.07, 6.45) is 6.30. The molecule has 1 aromatic heterocycles. The average molecular weight is 337 g/mol. The van der Waals surface area contributed by atoms with Crippen molar-refractivity contribution in [1.29, 1.82) is 0 Å². The summed E-state index contributed by atoms with van der Waals surface area (Å²) in [6.45, 7) is 5.75. The molecular weight excluding hydrogens is 310 g/mol. The molecule has 3 N–H and O–H groups in total. The van der Waals surface area contributed by atoms with Crippen molar-refractivity contribution in [1.82, 2.24) is 15.6 Å². The third kappa shape index (κ3) is 4.35. The number of carboxylic acids is 1. The number of rotatable bonds is 8. The molecule has 4 atom stereocenters. The minimum Gasteiger partial charge on any atom is -0.480 e. The van der Waals surface area contributed by atoms with Gasteiger partial charge in [0.25, 0.3) is 0 Å². The first-order chi connectivity index (χ1) is 11.5. The maximum Gasteiger partial charge on any atom is 0.320 e. The zero-order chi connectivity index (χ0) is 17.7. The van der Waals surface area contributed by atoms with E-state index < -0.39 is 12.0 Å². The lowest BCUT2D eigenvalue weighted by Gasteiger charge is -2.30. The van der Waals surface area contributed by atoms with Crippen LogP contribution in [0.15, 0.2) is 16.9 Å². The van der Waals surface area contributed by atoms with Gasteiger partial charge in [-0.3, -0.25) is 14.9 Å². The number of nitrogens with zero attached hydrogens (tertiary/aromatic N) is 1. The van der Waals surface area contributed by atoms with E-state index in [4.69, 9.17) is 4.42 Å². The molecular formula is C17H27N3O4. The molecule has 1 amide bonds. The van der Waals surface area contributed by atoms with Crippen LogP contribution < -0.4 is 10.6 Å². The summed E-state index contributed by atoms with van der Waals surface area (Å²) in [5.41, 5.74) is 0. The van der Waals surface area contributed by atoms with Crippen LogP contribution in [0.2, 0.25) is 0 Å². The Balaban J connectivity index is 2.25. The minimum absolute atomic E-state index is 0.113. The SMILES string of the molecule is CCC(CC)C[C@H](NC(C)=O)[C@@H]1N[C@@H](C(=O)O)C[C@H]1c1ncco1. The van der Waals surface area contributed by atoms with Crippen molar-refractivity contribution in [3.63, 3.8) is 0 Å². The number of carbonyl (C=O) groups is 2. The molecule has 2 heterocycles. The first-order valence-corrected chi connectivity index (χ1v) is 8.61. The number of carbonyl (C=O) groups excluding carboxylic acids is 1. The van der Waals surface area contributed by atoms with E-state index >= 15 is 0 Å². The molecule has 0 unspecified atom stereocenters. The molecule has 134 valence electrons. The van der Waals surface area contributed by atoms with Crippen LogP contribution in [0.5, 0.6) is 0 Å². The zero-order valence-corrected chi connectivity index (χ0v) is 14.5. The number of amides is 1. The summed E-state index contributed by atoms with van der Waals surface area (Å²) in [6, 6.07) is -1.03. The van der Waals surface area contributed by atoms with E-state index in [1.165, 1.54) is 13.2 Å². The van der Waals surface area contributed by atoms with Crippen LogP contribution in [0.3, 0.4) is 0 Å². The van der Waals surface area contributed by atoms with E-state index in [-0.39, 0.29) is 23.9 Å². The fraction of sp³-hybridized carbons (Fsp3) is 0.706. The van der Waals surface area contributed by atoms with Gasteiger partial charge in [-0.15, -0.1) is 0 Å². The molecule has 7 heteroatoms. The second kappa shape index (κ2) is 8.28. The number of carboxylic acid groups (broad SMARTS) is 1. The highest BCUT2D eigenvalue weighted by atomic mass is 16.4. The molecule has 0 saturated carbocycles. The van der Waals surface area contributed by atoms with Gasteiger partial charge in [0.1, 0.15) is 12.3 Å². The summed E-state index contributed by atoms with van der Waals surface area (Å²) in [4.78, 5) is 27.3. The van der Waals surface area contributed by atoms with Crippen LogP contribution >= 0.6 is 0 Å². The largest absolute Gasteiger partial charge is 0.480 e. The number of aliphatic carboxylic acids is 1. The predicted molar refractivity (Wildman–Crippen MR) is 88.5 cm³/mol. The zero-order valence-electron chi connectivity index (χ0n) is 14.5. The number of aromatic nitrogens is 1. The van der Waals surface area contributed by atoms with Gasteiger partial charge in [0.15, 0.2) is 5.89 Å². The lowest BCUT2D eigenvalue weighted by atomic mass is 9.86.